The molecule has 1 unspecified atom stereocenters. The average molecular weight is 230 g/mol. The summed E-state index contributed by atoms with van der Waals surface area (Å²) in [5.74, 6) is -1.08. The summed E-state index contributed by atoms with van der Waals surface area (Å²) in [7, 11) is 0. The Balaban J connectivity index is 2.55. The molecule has 0 aromatic carbocycles. The largest absolute Gasteiger partial charge is 0.480 e. The summed E-state index contributed by atoms with van der Waals surface area (Å²) in [5.41, 5.74) is -1.29. The molecular weight excluding hydrogens is 212 g/mol. The molecule has 3 N–H and O–H groups in total. The van der Waals surface area contributed by atoms with Crippen LogP contribution in [0.2, 0.25) is 0 Å². The first kappa shape index (κ1) is 12.8. The van der Waals surface area contributed by atoms with Gasteiger partial charge in [-0.25, -0.2) is 9.59 Å². The average Bonchev–Trinajstić information content (AvgIpc) is 2.16. The minimum Gasteiger partial charge on any atom is -0.480 e. The number of aliphatic hydroxyl groups excluding tert-OH is 1. The van der Waals surface area contributed by atoms with Crippen molar-refractivity contribution in [2.45, 2.75) is 38.3 Å². The molecule has 0 radical (unpaired) electrons. The molecule has 1 saturated heterocycles. The Kier molecular flexibility index (Phi) is 3.74. The van der Waals surface area contributed by atoms with Crippen LogP contribution in [0.1, 0.15) is 26.7 Å². The standard InChI is InChI=1S/C10H18N2O4/c1-10(2,8(14)15)11-9(16)12-5-3-4-7(13)6-12/h7,13H,3-6H2,1-2H3,(H,11,16)(H,14,15). The maximum Gasteiger partial charge on any atom is 0.328 e. The third-order valence-electron chi connectivity index (χ3n) is 2.64. The van der Waals surface area contributed by atoms with Gasteiger partial charge in [0.15, 0.2) is 0 Å². The van der Waals surface area contributed by atoms with E-state index in [9.17, 15) is 14.7 Å². The van der Waals surface area contributed by atoms with E-state index in [1.165, 1.54) is 18.7 Å². The van der Waals surface area contributed by atoms with Crippen LogP contribution in [0.15, 0.2) is 0 Å². The van der Waals surface area contributed by atoms with Gasteiger partial charge < -0.3 is 20.4 Å². The van der Waals surface area contributed by atoms with Crippen molar-refractivity contribution in [2.75, 3.05) is 13.1 Å². The Morgan fingerprint density at radius 1 is 1.44 bits per heavy atom. The van der Waals surface area contributed by atoms with Crippen LogP contribution in [0, 0.1) is 0 Å². The van der Waals surface area contributed by atoms with Gasteiger partial charge in [-0.15, -0.1) is 0 Å². The lowest BCUT2D eigenvalue weighted by molar-refractivity contribution is -0.143. The molecule has 1 fully saturated rings. The summed E-state index contributed by atoms with van der Waals surface area (Å²) >= 11 is 0. The number of β-amino-alcohol motifs (C(OH)–C–C–N with tert-alkyl or cyclic N) is 1. The van der Waals surface area contributed by atoms with Gasteiger partial charge in [0, 0.05) is 13.1 Å². The summed E-state index contributed by atoms with van der Waals surface area (Å²) < 4.78 is 0. The lowest BCUT2D eigenvalue weighted by Gasteiger charge is -2.32. The topological polar surface area (TPSA) is 89.9 Å². The fourth-order valence-corrected chi connectivity index (χ4v) is 1.54. The number of aliphatic carboxylic acids is 1. The second kappa shape index (κ2) is 4.69. The summed E-state index contributed by atoms with van der Waals surface area (Å²) in [4.78, 5) is 24.0. The second-order valence-corrected chi connectivity index (χ2v) is 4.60. The lowest BCUT2D eigenvalue weighted by atomic mass is 10.1. The number of hydrogen-bond donors (Lipinski definition) is 3. The molecule has 6 nitrogen and oxygen atoms in total. The molecule has 0 aliphatic carbocycles. The van der Waals surface area contributed by atoms with Crippen molar-refractivity contribution in [3.63, 3.8) is 0 Å². The van der Waals surface area contributed by atoms with Gasteiger partial charge in [0.05, 0.1) is 6.10 Å². The van der Waals surface area contributed by atoms with Crippen molar-refractivity contribution in [1.82, 2.24) is 10.2 Å². The van der Waals surface area contributed by atoms with Crippen molar-refractivity contribution in [3.05, 3.63) is 0 Å². The van der Waals surface area contributed by atoms with Gasteiger partial charge in [-0.05, 0) is 26.7 Å². The number of nitrogens with one attached hydrogen (secondary N) is 1. The van der Waals surface area contributed by atoms with Crippen LogP contribution in [-0.2, 0) is 4.79 Å². The molecule has 1 heterocycles. The van der Waals surface area contributed by atoms with Gasteiger partial charge >= 0.3 is 12.0 Å². The van der Waals surface area contributed by atoms with E-state index < -0.39 is 23.6 Å². The summed E-state index contributed by atoms with van der Waals surface area (Å²) in [5, 5.41) is 20.7. The molecule has 0 saturated carbocycles. The third kappa shape index (κ3) is 3.10. The van der Waals surface area contributed by atoms with Gasteiger partial charge in [0.1, 0.15) is 5.54 Å². The number of nitrogens with zero attached hydrogens (tertiary/aromatic N) is 1. The van der Waals surface area contributed by atoms with Gasteiger partial charge in [0.2, 0.25) is 0 Å². The number of carbonyl (C=O) groups excluding carboxylic acids is 1. The highest BCUT2D eigenvalue weighted by Crippen LogP contribution is 2.11. The summed E-state index contributed by atoms with van der Waals surface area (Å²) in [6.07, 6.45) is 0.918. The normalized spacial score (nSPS) is 21.7. The summed E-state index contributed by atoms with van der Waals surface area (Å²) in [6, 6.07) is -0.439. The number of likely N-dealkylation sites (tertiary alicyclic amines) is 1. The van der Waals surface area contributed by atoms with Crippen LogP contribution >= 0.6 is 0 Å². The van der Waals surface area contributed by atoms with Crippen molar-refractivity contribution in [1.29, 1.82) is 0 Å². The summed E-state index contributed by atoms with van der Waals surface area (Å²) in [6.45, 7) is 3.67. The molecule has 1 aliphatic heterocycles. The monoisotopic (exact) mass is 230 g/mol. The maximum absolute atomic E-state index is 11.7. The molecular formula is C10H18N2O4. The molecule has 6 heteroatoms. The number of urea groups is 1. The lowest BCUT2D eigenvalue weighted by Crippen LogP contribution is -2.56. The first-order valence-electron chi connectivity index (χ1n) is 5.31. The molecule has 0 aromatic rings. The van der Waals surface area contributed by atoms with E-state index in [2.05, 4.69) is 5.32 Å². The molecule has 92 valence electrons. The van der Waals surface area contributed by atoms with Crippen molar-refractivity contribution in [3.8, 4) is 0 Å². The fourth-order valence-electron chi connectivity index (χ4n) is 1.54. The zero-order valence-corrected chi connectivity index (χ0v) is 9.56. The molecule has 2 amide bonds. The van der Waals surface area contributed by atoms with Gasteiger partial charge in [-0.2, -0.15) is 0 Å². The Bertz CT molecular complexity index is 291. The van der Waals surface area contributed by atoms with E-state index in [-0.39, 0.29) is 6.54 Å². The maximum atomic E-state index is 11.7. The SMILES string of the molecule is CC(C)(NC(=O)N1CCCC(O)C1)C(=O)O. The number of hydrogen-bond acceptors (Lipinski definition) is 3. The van der Waals surface area contributed by atoms with E-state index in [4.69, 9.17) is 5.11 Å². The first-order valence-corrected chi connectivity index (χ1v) is 5.31. The Morgan fingerprint density at radius 3 is 2.56 bits per heavy atom. The number of amides is 2. The molecule has 0 aromatic heterocycles. The number of piperidine rings is 1. The number of carboxylic acids is 1. The highest BCUT2D eigenvalue weighted by atomic mass is 16.4. The van der Waals surface area contributed by atoms with Crippen LogP contribution in [-0.4, -0.2) is 51.8 Å². The van der Waals surface area contributed by atoms with Crippen LogP contribution in [0.25, 0.3) is 0 Å². The number of carbonyl (C=O) groups is 2. The van der Waals surface area contributed by atoms with Gasteiger partial charge in [-0.3, -0.25) is 0 Å². The van der Waals surface area contributed by atoms with Crippen LogP contribution in [0.4, 0.5) is 4.79 Å². The third-order valence-corrected chi connectivity index (χ3v) is 2.64. The minimum absolute atomic E-state index is 0.265. The van der Waals surface area contributed by atoms with Gasteiger partial charge in [-0.1, -0.05) is 0 Å². The fraction of sp³-hybridized carbons (Fsp3) is 0.800. The van der Waals surface area contributed by atoms with Gasteiger partial charge in [0.25, 0.3) is 0 Å². The van der Waals surface area contributed by atoms with Crippen LogP contribution < -0.4 is 5.32 Å². The highest BCUT2D eigenvalue weighted by Gasteiger charge is 2.32. The quantitative estimate of drug-likeness (QED) is 0.623. The van der Waals surface area contributed by atoms with E-state index in [1.54, 1.807) is 0 Å². The molecule has 0 bridgehead atoms. The Morgan fingerprint density at radius 2 is 2.06 bits per heavy atom. The predicted octanol–water partition coefficient (Wildman–Crippen LogP) is 0.0159. The highest BCUT2D eigenvalue weighted by molar-refractivity contribution is 5.85. The van der Waals surface area contributed by atoms with E-state index in [0.29, 0.717) is 13.0 Å². The predicted molar refractivity (Wildman–Crippen MR) is 57.1 cm³/mol. The smallest absolute Gasteiger partial charge is 0.328 e. The van der Waals surface area contributed by atoms with Crippen molar-refractivity contribution < 1.29 is 19.8 Å². The Hall–Kier alpha value is -1.30. The van der Waals surface area contributed by atoms with E-state index in [0.717, 1.165) is 6.42 Å². The molecule has 1 atom stereocenters. The second-order valence-electron chi connectivity index (χ2n) is 4.60. The van der Waals surface area contributed by atoms with Crippen molar-refractivity contribution in [2.24, 2.45) is 0 Å². The molecule has 0 spiro atoms. The molecule has 1 aliphatic rings. The molecule has 16 heavy (non-hydrogen) atoms. The number of carboxylic acid groups (broad SMARTS) is 1. The van der Waals surface area contributed by atoms with E-state index >= 15 is 0 Å². The first-order chi connectivity index (χ1) is 7.33. The minimum atomic E-state index is -1.29. The van der Waals surface area contributed by atoms with Crippen LogP contribution in [0.5, 0.6) is 0 Å². The van der Waals surface area contributed by atoms with E-state index in [1.807, 2.05) is 0 Å². The Labute approximate surface area is 94.2 Å². The zero-order valence-electron chi connectivity index (χ0n) is 9.56. The zero-order chi connectivity index (χ0) is 12.3. The molecule has 1 rings (SSSR count). The van der Waals surface area contributed by atoms with Crippen LogP contribution in [0.3, 0.4) is 0 Å². The number of aliphatic hydroxyl groups is 1. The number of rotatable bonds is 2. The van der Waals surface area contributed by atoms with Crippen molar-refractivity contribution >= 4 is 12.0 Å².